The van der Waals surface area contributed by atoms with Crippen LogP contribution in [0.3, 0.4) is 0 Å². The zero-order chi connectivity index (χ0) is 4.99. The highest BCUT2D eigenvalue weighted by atomic mass is 31.1. The number of rotatable bonds is 2. The lowest BCUT2D eigenvalue weighted by Crippen LogP contribution is -1.65. The van der Waals surface area contributed by atoms with Crippen LogP contribution in [0.5, 0.6) is 0 Å². The van der Waals surface area contributed by atoms with Crippen molar-refractivity contribution in [1.29, 1.82) is 5.16 Å². The van der Waals surface area contributed by atoms with Crippen LogP contribution in [-0.4, -0.2) is 14.2 Å². The van der Waals surface area contributed by atoms with Gasteiger partial charge in [0.15, 0.2) is 8.17 Å². The number of nitrogens with one attached hydrogen (secondary N) is 1. The van der Waals surface area contributed by atoms with Crippen molar-refractivity contribution in [2.24, 2.45) is 0 Å². The van der Waals surface area contributed by atoms with Gasteiger partial charge in [0.05, 0.1) is 0 Å². The molecule has 3 nitrogen and oxygen atoms in total. The molecule has 0 rings (SSSR count). The summed E-state index contributed by atoms with van der Waals surface area (Å²) in [6, 6.07) is 0. The SMILES string of the molecule is CO[PH](=N)OC. The maximum atomic E-state index is 6.73. The Morgan fingerprint density at radius 1 is 1.33 bits per heavy atom. The van der Waals surface area contributed by atoms with Crippen LogP contribution >= 0.6 is 8.17 Å². The largest absolute Gasteiger partial charge is 0.329 e. The first kappa shape index (κ1) is 6.15. The third-order valence-corrected chi connectivity index (χ3v) is 1.11. The smallest absolute Gasteiger partial charge is 0.196 e. The number of hydrogen-bond donors (Lipinski definition) is 1. The van der Waals surface area contributed by atoms with Crippen molar-refractivity contribution in [3.8, 4) is 0 Å². The van der Waals surface area contributed by atoms with Gasteiger partial charge < -0.3 is 9.05 Å². The lowest BCUT2D eigenvalue weighted by molar-refractivity contribution is 0.348. The molecule has 0 atom stereocenters. The molecule has 0 saturated carbocycles. The van der Waals surface area contributed by atoms with E-state index in [9.17, 15) is 0 Å². The van der Waals surface area contributed by atoms with Crippen molar-refractivity contribution in [2.75, 3.05) is 14.2 Å². The molecule has 38 valence electrons. The normalized spacial score (nSPS) is 9.83. The van der Waals surface area contributed by atoms with Crippen LogP contribution in [0.25, 0.3) is 0 Å². The molecule has 0 aromatic heterocycles. The van der Waals surface area contributed by atoms with Gasteiger partial charge in [0.25, 0.3) is 0 Å². The van der Waals surface area contributed by atoms with Gasteiger partial charge in [0.1, 0.15) is 0 Å². The van der Waals surface area contributed by atoms with Gasteiger partial charge in [-0.3, -0.25) is 5.16 Å². The molecule has 0 aromatic rings. The standard InChI is InChI=1S/C2H8NO2P/c1-4-6(3)5-2/h3,6H,1-2H3. The monoisotopic (exact) mass is 109 g/mol. The van der Waals surface area contributed by atoms with Gasteiger partial charge in [0, 0.05) is 14.2 Å². The zero-order valence-corrected chi connectivity index (χ0v) is 4.82. The summed E-state index contributed by atoms with van der Waals surface area (Å²) in [5.41, 5.74) is 0. The van der Waals surface area contributed by atoms with Crippen molar-refractivity contribution in [3.05, 3.63) is 0 Å². The Kier molecular flexibility index (Phi) is 3.43. The fourth-order valence-electron chi connectivity index (χ4n) is 0.0833. The fraction of sp³-hybridized carbons (Fsp3) is 1.00. The molecule has 0 aromatic carbocycles. The Morgan fingerprint density at radius 3 is 1.67 bits per heavy atom. The molecule has 6 heavy (non-hydrogen) atoms. The van der Waals surface area contributed by atoms with Gasteiger partial charge in [-0.2, -0.15) is 0 Å². The topological polar surface area (TPSA) is 42.3 Å². The van der Waals surface area contributed by atoms with Gasteiger partial charge in [-0.15, -0.1) is 0 Å². The summed E-state index contributed by atoms with van der Waals surface area (Å²) in [4.78, 5) is 0. The average molecular weight is 109 g/mol. The molecule has 0 bridgehead atoms. The van der Waals surface area contributed by atoms with E-state index in [0.29, 0.717) is 0 Å². The van der Waals surface area contributed by atoms with E-state index < -0.39 is 8.17 Å². The molecule has 0 amide bonds. The molecular weight excluding hydrogens is 101 g/mol. The van der Waals surface area contributed by atoms with E-state index in [1.165, 1.54) is 14.2 Å². The molecule has 4 heteroatoms. The predicted molar refractivity (Wildman–Crippen MR) is 25.1 cm³/mol. The van der Waals surface area contributed by atoms with E-state index in [4.69, 9.17) is 5.16 Å². The Labute approximate surface area is 37.7 Å². The summed E-state index contributed by atoms with van der Waals surface area (Å²) in [5.74, 6) is 0. The van der Waals surface area contributed by atoms with Gasteiger partial charge in [-0.25, -0.2) is 0 Å². The summed E-state index contributed by atoms with van der Waals surface area (Å²) < 4.78 is 8.89. The summed E-state index contributed by atoms with van der Waals surface area (Å²) in [5, 5.41) is 6.73. The second kappa shape index (κ2) is 3.34. The van der Waals surface area contributed by atoms with Crippen molar-refractivity contribution < 1.29 is 9.05 Å². The van der Waals surface area contributed by atoms with Crippen LogP contribution < -0.4 is 0 Å². The summed E-state index contributed by atoms with van der Waals surface area (Å²) >= 11 is 0. The molecule has 0 aliphatic carbocycles. The molecule has 0 fully saturated rings. The van der Waals surface area contributed by atoms with Gasteiger partial charge in [-0.1, -0.05) is 0 Å². The predicted octanol–water partition coefficient (Wildman–Crippen LogP) is 1.09. The molecule has 0 heterocycles. The van der Waals surface area contributed by atoms with Crippen LogP contribution in [-0.2, 0) is 9.05 Å². The number of hydrogen-bond acceptors (Lipinski definition) is 3. The Bertz CT molecular complexity index is 49.5. The highest BCUT2D eigenvalue weighted by Gasteiger charge is 1.77. The van der Waals surface area contributed by atoms with Crippen molar-refractivity contribution in [2.45, 2.75) is 0 Å². The molecule has 0 aliphatic rings. The summed E-state index contributed by atoms with van der Waals surface area (Å²) in [6.07, 6.45) is 0. The van der Waals surface area contributed by atoms with Crippen LogP contribution in [0.1, 0.15) is 0 Å². The minimum Gasteiger partial charge on any atom is -0.329 e. The zero-order valence-electron chi connectivity index (χ0n) is 3.82. The molecule has 0 aliphatic heterocycles. The Morgan fingerprint density at radius 2 is 1.67 bits per heavy atom. The second-order valence-corrected chi connectivity index (χ2v) is 2.09. The van der Waals surface area contributed by atoms with Crippen LogP contribution in [0.2, 0.25) is 0 Å². The van der Waals surface area contributed by atoms with E-state index in [-0.39, 0.29) is 0 Å². The lowest BCUT2D eigenvalue weighted by atomic mass is 11.8. The third kappa shape index (κ3) is 2.39. The van der Waals surface area contributed by atoms with E-state index in [1.807, 2.05) is 0 Å². The van der Waals surface area contributed by atoms with Crippen LogP contribution in [0.15, 0.2) is 0 Å². The fourth-order valence-corrected chi connectivity index (χ4v) is 0.250. The van der Waals surface area contributed by atoms with E-state index in [2.05, 4.69) is 9.05 Å². The van der Waals surface area contributed by atoms with E-state index >= 15 is 0 Å². The minimum atomic E-state index is -1.62. The molecule has 0 unspecified atom stereocenters. The second-order valence-electron chi connectivity index (χ2n) is 0.696. The molecule has 0 spiro atoms. The molecule has 1 N–H and O–H groups in total. The Hall–Kier alpha value is 0.150. The highest BCUT2D eigenvalue weighted by Crippen LogP contribution is 2.19. The quantitative estimate of drug-likeness (QED) is 0.539. The summed E-state index contributed by atoms with van der Waals surface area (Å²) in [6.45, 7) is 0. The van der Waals surface area contributed by atoms with Gasteiger partial charge >= 0.3 is 0 Å². The third-order valence-electron chi connectivity index (χ3n) is 0.371. The maximum absolute atomic E-state index is 6.73. The van der Waals surface area contributed by atoms with Gasteiger partial charge in [0.2, 0.25) is 0 Å². The molecular formula is C2H8NO2P. The van der Waals surface area contributed by atoms with Crippen molar-refractivity contribution >= 4 is 8.17 Å². The van der Waals surface area contributed by atoms with Crippen molar-refractivity contribution in [1.82, 2.24) is 0 Å². The van der Waals surface area contributed by atoms with Crippen molar-refractivity contribution in [3.63, 3.8) is 0 Å². The summed E-state index contributed by atoms with van der Waals surface area (Å²) in [7, 11) is 1.31. The Balaban J connectivity index is 2.99. The average Bonchev–Trinajstić information content (AvgIpc) is 1.65. The first-order valence-electron chi connectivity index (χ1n) is 1.47. The first-order chi connectivity index (χ1) is 2.81. The van der Waals surface area contributed by atoms with Crippen LogP contribution in [0.4, 0.5) is 0 Å². The first-order valence-corrected chi connectivity index (χ1v) is 2.79. The van der Waals surface area contributed by atoms with E-state index in [0.717, 1.165) is 0 Å². The lowest BCUT2D eigenvalue weighted by Gasteiger charge is -1.93. The maximum Gasteiger partial charge on any atom is 0.196 e. The molecule has 0 saturated heterocycles. The minimum absolute atomic E-state index is 1.46. The molecule has 0 radical (unpaired) electrons. The highest BCUT2D eigenvalue weighted by molar-refractivity contribution is 7.34. The van der Waals surface area contributed by atoms with Gasteiger partial charge in [-0.05, 0) is 0 Å². The van der Waals surface area contributed by atoms with Crippen LogP contribution in [0, 0.1) is 5.16 Å². The van der Waals surface area contributed by atoms with E-state index in [1.54, 1.807) is 0 Å².